The van der Waals surface area contributed by atoms with E-state index in [4.69, 9.17) is 9.84 Å². The number of aliphatic hydroxyl groups excluding tert-OH is 2. The topological polar surface area (TPSA) is 65.0 Å². The molecule has 2 heterocycles. The molecule has 130 valence electrons. The van der Waals surface area contributed by atoms with Crippen LogP contribution in [0.5, 0.6) is 5.75 Å². The number of rotatable bonds is 4. The Morgan fingerprint density at radius 2 is 1.57 bits per heavy atom. The molecule has 2 saturated heterocycles. The number of nitrogens with zero attached hydrogens (tertiary/aromatic N) is 1. The van der Waals surface area contributed by atoms with Crippen molar-refractivity contribution in [3.63, 3.8) is 0 Å². The van der Waals surface area contributed by atoms with E-state index in [-0.39, 0.29) is 12.2 Å². The molecule has 0 aromatic heterocycles. The van der Waals surface area contributed by atoms with Crippen LogP contribution in [0.3, 0.4) is 0 Å². The molecule has 0 spiro atoms. The lowest BCUT2D eigenvalue weighted by molar-refractivity contribution is 0.0755. The van der Waals surface area contributed by atoms with Crippen LogP contribution in [0.25, 0.3) is 0 Å². The number of aliphatic hydroxyl groups is 2. The lowest BCUT2D eigenvalue weighted by Gasteiger charge is -2.29. The molecule has 23 heavy (non-hydrogen) atoms. The molecule has 2 fully saturated rings. The normalized spacial score (nSPS) is 20.6. The van der Waals surface area contributed by atoms with Crippen LogP contribution in [-0.2, 0) is 0 Å². The fourth-order valence-corrected chi connectivity index (χ4v) is 2.76. The van der Waals surface area contributed by atoms with E-state index < -0.39 is 0 Å². The molecule has 0 amide bonds. The molecule has 0 unspecified atom stereocenters. The predicted octanol–water partition coefficient (Wildman–Crippen LogP) is 1.25. The van der Waals surface area contributed by atoms with E-state index in [0.717, 1.165) is 70.8 Å². The Hall–Kier alpha value is -1.14. The summed E-state index contributed by atoms with van der Waals surface area (Å²) < 4.78 is 5.63. The number of piperidine rings is 2. The van der Waals surface area contributed by atoms with E-state index in [9.17, 15) is 5.11 Å². The van der Waals surface area contributed by atoms with Crippen molar-refractivity contribution in [2.24, 2.45) is 0 Å². The summed E-state index contributed by atoms with van der Waals surface area (Å²) >= 11 is 0. The molecular weight excluding hydrogens is 292 g/mol. The maximum Gasteiger partial charge on any atom is 0.119 e. The lowest BCUT2D eigenvalue weighted by Crippen LogP contribution is -2.38. The lowest BCUT2D eigenvalue weighted by atomic mass is 10.1. The minimum Gasteiger partial charge on any atom is -0.492 e. The fraction of sp³-hybridized carbons (Fsp3) is 0.667. The summed E-state index contributed by atoms with van der Waals surface area (Å²) in [6.07, 6.45) is 3.53. The first-order valence-corrected chi connectivity index (χ1v) is 8.71. The van der Waals surface area contributed by atoms with E-state index in [1.165, 1.54) is 0 Å². The van der Waals surface area contributed by atoms with Crippen LogP contribution in [0.2, 0.25) is 0 Å². The van der Waals surface area contributed by atoms with Gasteiger partial charge in [0.1, 0.15) is 12.4 Å². The van der Waals surface area contributed by atoms with Gasteiger partial charge in [0.05, 0.1) is 12.2 Å². The van der Waals surface area contributed by atoms with Gasteiger partial charge in [0, 0.05) is 19.6 Å². The number of para-hydroxylation sites is 1. The van der Waals surface area contributed by atoms with Crippen molar-refractivity contribution in [3.8, 4) is 5.75 Å². The highest BCUT2D eigenvalue weighted by atomic mass is 16.5. The van der Waals surface area contributed by atoms with Gasteiger partial charge < -0.3 is 20.3 Å². The zero-order valence-corrected chi connectivity index (χ0v) is 13.9. The molecule has 0 bridgehead atoms. The Bertz CT molecular complexity index is 402. The molecule has 2 aliphatic rings. The summed E-state index contributed by atoms with van der Waals surface area (Å²) in [5, 5.41) is 21.4. The van der Waals surface area contributed by atoms with E-state index in [2.05, 4.69) is 10.2 Å². The van der Waals surface area contributed by atoms with E-state index >= 15 is 0 Å². The van der Waals surface area contributed by atoms with Gasteiger partial charge in [0.15, 0.2) is 0 Å². The first-order valence-electron chi connectivity index (χ1n) is 8.71. The van der Waals surface area contributed by atoms with Crippen molar-refractivity contribution < 1.29 is 14.9 Å². The third-order valence-electron chi connectivity index (χ3n) is 4.29. The van der Waals surface area contributed by atoms with Crippen LogP contribution in [-0.4, -0.2) is 66.7 Å². The highest BCUT2D eigenvalue weighted by molar-refractivity contribution is 5.20. The second-order valence-electron chi connectivity index (χ2n) is 6.22. The highest BCUT2D eigenvalue weighted by Gasteiger charge is 2.16. The number of hydrogen-bond donors (Lipinski definition) is 3. The Balaban J connectivity index is 0.000000229. The summed E-state index contributed by atoms with van der Waals surface area (Å²) in [5.41, 5.74) is 0. The van der Waals surface area contributed by atoms with Crippen LogP contribution in [0.15, 0.2) is 30.3 Å². The van der Waals surface area contributed by atoms with Gasteiger partial charge in [-0.1, -0.05) is 18.2 Å². The number of ether oxygens (including phenoxy) is 1. The molecule has 0 radical (unpaired) electrons. The zero-order valence-electron chi connectivity index (χ0n) is 13.9. The van der Waals surface area contributed by atoms with Gasteiger partial charge >= 0.3 is 0 Å². The van der Waals surface area contributed by atoms with Crippen LogP contribution < -0.4 is 10.1 Å². The maximum absolute atomic E-state index is 9.37. The van der Waals surface area contributed by atoms with Crippen LogP contribution in [0.4, 0.5) is 0 Å². The van der Waals surface area contributed by atoms with E-state index in [1.807, 2.05) is 30.3 Å². The van der Waals surface area contributed by atoms with Crippen molar-refractivity contribution in [1.82, 2.24) is 10.2 Å². The maximum atomic E-state index is 9.37. The van der Waals surface area contributed by atoms with Crippen molar-refractivity contribution in [2.45, 2.75) is 37.9 Å². The molecule has 5 nitrogen and oxygen atoms in total. The van der Waals surface area contributed by atoms with Crippen LogP contribution in [0.1, 0.15) is 25.7 Å². The second kappa shape index (κ2) is 10.6. The molecule has 0 saturated carbocycles. The Morgan fingerprint density at radius 1 is 0.957 bits per heavy atom. The summed E-state index contributed by atoms with van der Waals surface area (Å²) in [6, 6.07) is 9.89. The zero-order chi connectivity index (χ0) is 16.3. The van der Waals surface area contributed by atoms with Gasteiger partial charge in [-0.3, -0.25) is 4.90 Å². The standard InChI is InChI=1S/C13H19NO2.C5H11NO/c15-12-6-8-14(9-7-12)10-11-16-13-4-2-1-3-5-13;7-5-1-3-6-4-2-5/h1-5,12,15H,6-11H2;5-7H,1-4H2. The SMILES string of the molecule is OC1CCN(CCOc2ccccc2)CC1.OC1CCNCC1. The Kier molecular flexibility index (Phi) is 8.39. The largest absolute Gasteiger partial charge is 0.492 e. The molecule has 0 atom stereocenters. The monoisotopic (exact) mass is 322 g/mol. The van der Waals surface area contributed by atoms with Crippen molar-refractivity contribution >= 4 is 0 Å². The molecular formula is C18H30N2O3. The fourth-order valence-electron chi connectivity index (χ4n) is 2.76. The summed E-state index contributed by atoms with van der Waals surface area (Å²) in [5.74, 6) is 0.930. The van der Waals surface area contributed by atoms with E-state index in [1.54, 1.807) is 0 Å². The molecule has 3 rings (SSSR count). The molecule has 0 aliphatic carbocycles. The van der Waals surface area contributed by atoms with Gasteiger partial charge in [-0.2, -0.15) is 0 Å². The first-order chi connectivity index (χ1) is 11.2. The summed E-state index contributed by atoms with van der Waals surface area (Å²) in [7, 11) is 0. The minimum absolute atomic E-state index is 0.0266. The van der Waals surface area contributed by atoms with Gasteiger partial charge in [-0.25, -0.2) is 0 Å². The number of hydrogen-bond acceptors (Lipinski definition) is 5. The first kappa shape index (κ1) is 18.2. The molecule has 1 aromatic carbocycles. The summed E-state index contributed by atoms with van der Waals surface area (Å²) in [6.45, 7) is 5.61. The van der Waals surface area contributed by atoms with Gasteiger partial charge in [0.2, 0.25) is 0 Å². The van der Waals surface area contributed by atoms with Crippen LogP contribution >= 0.6 is 0 Å². The quantitative estimate of drug-likeness (QED) is 0.779. The van der Waals surface area contributed by atoms with E-state index in [0.29, 0.717) is 0 Å². The second-order valence-corrected chi connectivity index (χ2v) is 6.22. The van der Waals surface area contributed by atoms with Gasteiger partial charge in [0.25, 0.3) is 0 Å². The average molecular weight is 322 g/mol. The Morgan fingerprint density at radius 3 is 2.13 bits per heavy atom. The van der Waals surface area contributed by atoms with Gasteiger partial charge in [-0.15, -0.1) is 0 Å². The smallest absolute Gasteiger partial charge is 0.119 e. The molecule has 2 aliphatic heterocycles. The third-order valence-corrected chi connectivity index (χ3v) is 4.29. The minimum atomic E-state index is -0.0914. The number of nitrogens with one attached hydrogen (secondary N) is 1. The van der Waals surface area contributed by atoms with Crippen molar-refractivity contribution in [3.05, 3.63) is 30.3 Å². The average Bonchev–Trinajstić information content (AvgIpc) is 2.59. The van der Waals surface area contributed by atoms with Crippen LogP contribution in [0, 0.1) is 0 Å². The third kappa shape index (κ3) is 7.79. The summed E-state index contributed by atoms with van der Waals surface area (Å²) in [4.78, 5) is 2.34. The van der Waals surface area contributed by atoms with Gasteiger partial charge in [-0.05, 0) is 50.9 Å². The highest BCUT2D eigenvalue weighted by Crippen LogP contribution is 2.11. The number of likely N-dealkylation sites (tertiary alicyclic amines) is 1. The van der Waals surface area contributed by atoms with Crippen molar-refractivity contribution in [2.75, 3.05) is 39.3 Å². The molecule has 5 heteroatoms. The number of benzene rings is 1. The van der Waals surface area contributed by atoms with Crippen molar-refractivity contribution in [1.29, 1.82) is 0 Å². The molecule has 1 aromatic rings. The molecule has 3 N–H and O–H groups in total. The Labute approximate surface area is 139 Å². The predicted molar refractivity (Wildman–Crippen MR) is 91.7 cm³/mol.